The number of carbonyl (C=O) groups excluding carboxylic acids is 1. The smallest absolute Gasteiger partial charge is 0.307 e. The molecule has 1 aromatic heterocycles. The highest BCUT2D eigenvalue weighted by Crippen LogP contribution is 1.93. The van der Waals surface area contributed by atoms with Crippen LogP contribution in [0.2, 0.25) is 0 Å². The molecule has 0 radical (unpaired) electrons. The highest BCUT2D eigenvalue weighted by molar-refractivity contribution is 7.07. The van der Waals surface area contributed by atoms with Gasteiger partial charge in [0.05, 0.1) is 12.5 Å². The highest BCUT2D eigenvalue weighted by atomic mass is 32.1. The number of aromatic nitrogens is 1. The van der Waals surface area contributed by atoms with E-state index in [2.05, 4.69) is 0 Å². The van der Waals surface area contributed by atoms with Crippen molar-refractivity contribution in [3.05, 3.63) is 21.2 Å². The van der Waals surface area contributed by atoms with E-state index >= 15 is 0 Å². The number of amides is 1. The average Bonchev–Trinajstić information content (AvgIpc) is 2.61. The van der Waals surface area contributed by atoms with Gasteiger partial charge in [-0.3, -0.25) is 14.2 Å². The highest BCUT2D eigenvalue weighted by Gasteiger charge is 2.09. The maximum absolute atomic E-state index is 11.5. The Labute approximate surface area is 91.2 Å². The largest absolute Gasteiger partial charge is 0.343 e. The van der Waals surface area contributed by atoms with Gasteiger partial charge in [0.2, 0.25) is 5.91 Å². The molecule has 0 fully saturated rings. The van der Waals surface area contributed by atoms with E-state index in [-0.39, 0.29) is 17.3 Å². The lowest BCUT2D eigenvalue weighted by atomic mass is 10.4. The summed E-state index contributed by atoms with van der Waals surface area (Å²) < 4.78 is 1.36. The van der Waals surface area contributed by atoms with Gasteiger partial charge in [0, 0.05) is 25.2 Å². The second-order valence-electron chi connectivity index (χ2n) is 3.02. The zero-order valence-electron chi connectivity index (χ0n) is 8.34. The molecule has 0 unspecified atom stereocenters. The van der Waals surface area contributed by atoms with Crippen molar-refractivity contribution in [2.45, 2.75) is 13.0 Å². The lowest BCUT2D eigenvalue weighted by molar-refractivity contribution is -0.130. The molecule has 0 bridgehead atoms. The predicted molar refractivity (Wildman–Crippen MR) is 56.4 cm³/mol. The molecular formula is C9H11N3O2S. The van der Waals surface area contributed by atoms with Crippen molar-refractivity contribution in [2.75, 3.05) is 13.6 Å². The van der Waals surface area contributed by atoms with Gasteiger partial charge in [-0.2, -0.15) is 5.26 Å². The molecule has 0 atom stereocenters. The summed E-state index contributed by atoms with van der Waals surface area (Å²) >= 11 is 1.06. The molecule has 80 valence electrons. The van der Waals surface area contributed by atoms with Crippen LogP contribution in [0.4, 0.5) is 0 Å². The van der Waals surface area contributed by atoms with Crippen LogP contribution < -0.4 is 4.87 Å². The number of nitrogens with zero attached hydrogens (tertiary/aromatic N) is 3. The van der Waals surface area contributed by atoms with Crippen molar-refractivity contribution in [3.63, 3.8) is 0 Å². The van der Waals surface area contributed by atoms with Gasteiger partial charge in [-0.15, -0.1) is 0 Å². The van der Waals surface area contributed by atoms with Crippen LogP contribution in [0.25, 0.3) is 0 Å². The molecule has 1 heterocycles. The quantitative estimate of drug-likeness (QED) is 0.739. The normalized spacial score (nSPS) is 9.60. The third-order valence-corrected chi connectivity index (χ3v) is 2.63. The monoisotopic (exact) mass is 225 g/mol. The van der Waals surface area contributed by atoms with Crippen LogP contribution in [-0.4, -0.2) is 29.0 Å². The molecule has 0 aliphatic heterocycles. The summed E-state index contributed by atoms with van der Waals surface area (Å²) in [5, 5.41) is 10.00. The second kappa shape index (κ2) is 5.32. The summed E-state index contributed by atoms with van der Waals surface area (Å²) in [5.41, 5.74) is 0. The Morgan fingerprint density at radius 2 is 2.47 bits per heavy atom. The number of rotatable bonds is 4. The van der Waals surface area contributed by atoms with Gasteiger partial charge in [0.25, 0.3) is 0 Å². The number of thiazole rings is 1. The SMILES string of the molecule is CN(CCC#N)C(=O)Cn1ccsc1=O. The molecule has 0 spiro atoms. The summed E-state index contributed by atoms with van der Waals surface area (Å²) in [6.07, 6.45) is 1.89. The first-order chi connectivity index (χ1) is 7.15. The second-order valence-corrected chi connectivity index (χ2v) is 3.88. The summed E-state index contributed by atoms with van der Waals surface area (Å²) in [7, 11) is 1.62. The molecule has 15 heavy (non-hydrogen) atoms. The zero-order valence-corrected chi connectivity index (χ0v) is 9.16. The van der Waals surface area contributed by atoms with Crippen molar-refractivity contribution in [2.24, 2.45) is 0 Å². The fourth-order valence-electron chi connectivity index (χ4n) is 1.02. The predicted octanol–water partition coefficient (Wildman–Crippen LogP) is 0.282. The lowest BCUT2D eigenvalue weighted by Crippen LogP contribution is -2.32. The van der Waals surface area contributed by atoms with Crippen molar-refractivity contribution in [1.29, 1.82) is 5.26 Å². The molecule has 0 aromatic carbocycles. The number of hydrogen-bond acceptors (Lipinski definition) is 4. The fourth-order valence-corrected chi connectivity index (χ4v) is 1.60. The minimum absolute atomic E-state index is 0.0459. The Morgan fingerprint density at radius 3 is 3.00 bits per heavy atom. The van der Waals surface area contributed by atoms with Crippen LogP contribution in [0.1, 0.15) is 6.42 Å². The number of nitriles is 1. The summed E-state index contributed by atoms with van der Waals surface area (Å²) in [6.45, 7) is 0.443. The first kappa shape index (κ1) is 11.5. The van der Waals surface area contributed by atoms with Gasteiger partial charge in [0.1, 0.15) is 6.54 Å². The average molecular weight is 225 g/mol. The summed E-state index contributed by atoms with van der Waals surface area (Å²) in [5.74, 6) is -0.161. The topological polar surface area (TPSA) is 66.1 Å². The van der Waals surface area contributed by atoms with Crippen molar-refractivity contribution in [3.8, 4) is 6.07 Å². The maximum atomic E-state index is 11.5. The number of hydrogen-bond donors (Lipinski definition) is 0. The molecule has 0 saturated carbocycles. The van der Waals surface area contributed by atoms with Crippen molar-refractivity contribution >= 4 is 17.2 Å². The van der Waals surface area contributed by atoms with E-state index in [1.807, 2.05) is 6.07 Å². The van der Waals surface area contributed by atoms with Crippen LogP contribution in [-0.2, 0) is 11.3 Å². The first-order valence-corrected chi connectivity index (χ1v) is 5.28. The van der Waals surface area contributed by atoms with E-state index in [4.69, 9.17) is 5.26 Å². The fraction of sp³-hybridized carbons (Fsp3) is 0.444. The van der Waals surface area contributed by atoms with Gasteiger partial charge in [-0.25, -0.2) is 0 Å². The molecule has 0 saturated heterocycles. The first-order valence-electron chi connectivity index (χ1n) is 4.40. The summed E-state index contributed by atoms with van der Waals surface area (Å²) in [6, 6.07) is 1.96. The minimum Gasteiger partial charge on any atom is -0.343 e. The van der Waals surface area contributed by atoms with Gasteiger partial charge >= 0.3 is 4.87 Å². The third kappa shape index (κ3) is 3.22. The molecule has 0 aliphatic rings. The molecule has 0 aliphatic carbocycles. The molecule has 1 amide bonds. The van der Waals surface area contributed by atoms with E-state index in [0.717, 1.165) is 11.3 Å². The van der Waals surface area contributed by atoms with Crippen molar-refractivity contribution < 1.29 is 4.79 Å². The Morgan fingerprint density at radius 1 is 1.73 bits per heavy atom. The van der Waals surface area contributed by atoms with Crippen LogP contribution in [0.15, 0.2) is 16.4 Å². The lowest BCUT2D eigenvalue weighted by Gasteiger charge is -2.15. The Kier molecular flexibility index (Phi) is 4.06. The number of likely N-dealkylation sites (N-methyl/N-ethyl adjacent to an activating group) is 1. The van der Waals surface area contributed by atoms with Gasteiger partial charge in [-0.05, 0) is 0 Å². The molecule has 1 aromatic rings. The van der Waals surface area contributed by atoms with Gasteiger partial charge in [0.15, 0.2) is 0 Å². The van der Waals surface area contributed by atoms with Crippen molar-refractivity contribution in [1.82, 2.24) is 9.47 Å². The molecule has 6 heteroatoms. The van der Waals surface area contributed by atoms with Crippen LogP contribution in [0.3, 0.4) is 0 Å². The summed E-state index contributed by atoms with van der Waals surface area (Å²) in [4.78, 5) is 24.0. The number of carbonyl (C=O) groups is 1. The van der Waals surface area contributed by atoms with E-state index in [9.17, 15) is 9.59 Å². The minimum atomic E-state index is -0.161. The van der Waals surface area contributed by atoms with Gasteiger partial charge in [-0.1, -0.05) is 11.3 Å². The van der Waals surface area contributed by atoms with Crippen LogP contribution >= 0.6 is 11.3 Å². The van der Waals surface area contributed by atoms with E-state index in [1.54, 1.807) is 18.6 Å². The standard InChI is InChI=1S/C9H11N3O2S/c1-11(4-2-3-10)8(13)7-12-5-6-15-9(12)14/h5-6H,2,4,7H2,1H3. The van der Waals surface area contributed by atoms with Gasteiger partial charge < -0.3 is 4.90 Å². The molecule has 5 nitrogen and oxygen atoms in total. The Balaban J connectivity index is 2.53. The Bertz CT molecular complexity index is 429. The van der Waals surface area contributed by atoms with E-state index in [1.165, 1.54) is 9.47 Å². The van der Waals surface area contributed by atoms with Crippen LogP contribution in [0.5, 0.6) is 0 Å². The molecule has 1 rings (SSSR count). The van der Waals surface area contributed by atoms with E-state index in [0.29, 0.717) is 13.0 Å². The van der Waals surface area contributed by atoms with Crippen LogP contribution in [0, 0.1) is 11.3 Å². The Hall–Kier alpha value is -1.61. The maximum Gasteiger partial charge on any atom is 0.307 e. The molecular weight excluding hydrogens is 214 g/mol. The van der Waals surface area contributed by atoms with E-state index < -0.39 is 0 Å². The zero-order chi connectivity index (χ0) is 11.3. The molecule has 0 N–H and O–H groups in total. The third-order valence-electron chi connectivity index (χ3n) is 1.93.